The van der Waals surface area contributed by atoms with E-state index in [9.17, 15) is 18.0 Å². The maximum Gasteiger partial charge on any atom is 0.264 e. The van der Waals surface area contributed by atoms with Crippen molar-refractivity contribution in [3.05, 3.63) is 92.9 Å². The third-order valence-corrected chi connectivity index (χ3v) is 9.93. The van der Waals surface area contributed by atoms with Crippen molar-refractivity contribution < 1.29 is 18.0 Å². The van der Waals surface area contributed by atoms with Gasteiger partial charge in [-0.25, -0.2) is 8.42 Å². The number of hydrogen-bond donors (Lipinski definition) is 1. The summed E-state index contributed by atoms with van der Waals surface area (Å²) in [4.78, 5) is 28.7. The van der Waals surface area contributed by atoms with Crippen LogP contribution in [0.4, 0.5) is 5.69 Å². The third kappa shape index (κ3) is 7.37. The third-order valence-electron chi connectivity index (χ3n) is 6.91. The quantitative estimate of drug-likeness (QED) is 0.270. The smallest absolute Gasteiger partial charge is 0.264 e. The number of benzene rings is 3. The second kappa shape index (κ2) is 13.4. The van der Waals surface area contributed by atoms with Crippen molar-refractivity contribution in [1.82, 2.24) is 10.2 Å². The number of anilines is 1. The van der Waals surface area contributed by atoms with Gasteiger partial charge in [0.2, 0.25) is 11.8 Å². The number of carbonyl (C=O) groups excluding carboxylic acids is 2. The molecule has 0 unspecified atom stereocenters. The van der Waals surface area contributed by atoms with E-state index in [-0.39, 0.29) is 39.1 Å². The summed E-state index contributed by atoms with van der Waals surface area (Å²) in [7, 11) is -4.18. The lowest BCUT2D eigenvalue weighted by atomic mass is 10.1. The SMILES string of the molecule is C[C@H](C(=O)NC1CCCC1)N(Cc1cccc(Br)c1)C(=O)CN(c1ccc(Cl)c(Cl)c1)S(=O)(=O)c1ccccc1. The molecule has 0 saturated heterocycles. The molecule has 1 atom stereocenters. The van der Waals surface area contributed by atoms with Crippen molar-refractivity contribution in [1.29, 1.82) is 0 Å². The average molecular weight is 667 g/mol. The fraction of sp³-hybridized carbons (Fsp3) is 0.310. The number of nitrogens with one attached hydrogen (secondary N) is 1. The number of amides is 2. The second-order valence-electron chi connectivity index (χ2n) is 9.74. The van der Waals surface area contributed by atoms with Crippen LogP contribution < -0.4 is 9.62 Å². The molecule has 4 rings (SSSR count). The van der Waals surface area contributed by atoms with E-state index in [0.717, 1.165) is 40.0 Å². The number of sulfonamides is 1. The van der Waals surface area contributed by atoms with Crippen LogP contribution >= 0.6 is 39.1 Å². The van der Waals surface area contributed by atoms with E-state index in [4.69, 9.17) is 23.2 Å². The van der Waals surface area contributed by atoms with Crippen molar-refractivity contribution in [2.45, 2.75) is 56.1 Å². The molecule has 212 valence electrons. The van der Waals surface area contributed by atoms with Crippen LogP contribution in [0.3, 0.4) is 0 Å². The molecule has 3 aromatic rings. The molecular formula is C29H30BrCl2N3O4S. The Hall–Kier alpha value is -2.59. The zero-order valence-corrected chi connectivity index (χ0v) is 25.8. The van der Waals surface area contributed by atoms with E-state index in [0.29, 0.717) is 0 Å². The number of nitrogens with zero attached hydrogens (tertiary/aromatic N) is 2. The summed E-state index contributed by atoms with van der Waals surface area (Å²) in [6, 6.07) is 18.9. The molecule has 3 aromatic carbocycles. The van der Waals surface area contributed by atoms with E-state index < -0.39 is 28.5 Å². The molecule has 0 heterocycles. The lowest BCUT2D eigenvalue weighted by molar-refractivity contribution is -0.139. The summed E-state index contributed by atoms with van der Waals surface area (Å²) in [6.07, 6.45) is 3.91. The largest absolute Gasteiger partial charge is 0.352 e. The van der Waals surface area contributed by atoms with Gasteiger partial charge in [0.25, 0.3) is 10.0 Å². The highest BCUT2D eigenvalue weighted by Gasteiger charge is 2.33. The minimum absolute atomic E-state index is 0.0134. The molecule has 0 aliphatic heterocycles. The zero-order chi connectivity index (χ0) is 28.9. The van der Waals surface area contributed by atoms with Gasteiger partial charge in [-0.05, 0) is 67.8 Å². The molecular weight excluding hydrogens is 637 g/mol. The highest BCUT2D eigenvalue weighted by molar-refractivity contribution is 9.10. The molecule has 1 aliphatic carbocycles. The van der Waals surface area contributed by atoms with Gasteiger partial charge in [0.05, 0.1) is 20.6 Å². The summed E-state index contributed by atoms with van der Waals surface area (Å²) in [6.45, 7) is 1.22. The van der Waals surface area contributed by atoms with Gasteiger partial charge in [-0.15, -0.1) is 0 Å². The molecule has 0 bridgehead atoms. The van der Waals surface area contributed by atoms with Crippen LogP contribution in [0.2, 0.25) is 10.0 Å². The normalized spacial score (nSPS) is 14.5. The average Bonchev–Trinajstić information content (AvgIpc) is 3.45. The predicted molar refractivity (Wildman–Crippen MR) is 162 cm³/mol. The second-order valence-corrected chi connectivity index (χ2v) is 13.3. The maximum absolute atomic E-state index is 14.0. The van der Waals surface area contributed by atoms with Gasteiger partial charge in [-0.3, -0.25) is 13.9 Å². The molecule has 0 aromatic heterocycles. The first-order valence-electron chi connectivity index (χ1n) is 12.9. The molecule has 40 heavy (non-hydrogen) atoms. The minimum atomic E-state index is -4.18. The van der Waals surface area contributed by atoms with Gasteiger partial charge < -0.3 is 10.2 Å². The maximum atomic E-state index is 14.0. The molecule has 0 radical (unpaired) electrons. The van der Waals surface area contributed by atoms with Crippen LogP contribution in [-0.4, -0.2) is 43.8 Å². The number of hydrogen-bond acceptors (Lipinski definition) is 4. The van der Waals surface area contributed by atoms with Gasteiger partial charge in [0, 0.05) is 17.1 Å². The molecule has 7 nitrogen and oxygen atoms in total. The molecule has 1 aliphatic rings. The standard InChI is InChI=1S/C29H30BrCl2N3O4S/c1-20(29(37)33-23-10-5-6-11-23)34(18-21-8-7-9-22(30)16-21)28(36)19-35(24-14-15-26(31)27(32)17-24)40(38,39)25-12-3-2-4-13-25/h2-4,7-9,12-17,20,23H,5-6,10-11,18-19H2,1H3,(H,33,37)/t20-/m1/s1. The zero-order valence-electron chi connectivity index (χ0n) is 21.9. The van der Waals surface area contributed by atoms with E-state index >= 15 is 0 Å². The fourth-order valence-electron chi connectivity index (χ4n) is 4.70. The number of carbonyl (C=O) groups is 2. The van der Waals surface area contributed by atoms with Crippen molar-refractivity contribution in [2.24, 2.45) is 0 Å². The predicted octanol–water partition coefficient (Wildman–Crippen LogP) is 6.43. The van der Waals surface area contributed by atoms with Crippen molar-refractivity contribution in [3.8, 4) is 0 Å². The lowest BCUT2D eigenvalue weighted by Crippen LogP contribution is -2.52. The molecule has 1 N–H and O–H groups in total. The van der Waals surface area contributed by atoms with Gasteiger partial charge in [-0.2, -0.15) is 0 Å². The van der Waals surface area contributed by atoms with Crippen molar-refractivity contribution >= 4 is 66.7 Å². The molecule has 1 fully saturated rings. The molecule has 1 saturated carbocycles. The number of rotatable bonds is 10. The fourth-order valence-corrected chi connectivity index (χ4v) is 6.86. The Morgan fingerprint density at radius 2 is 1.68 bits per heavy atom. The Kier molecular flexibility index (Phi) is 10.2. The molecule has 0 spiro atoms. The van der Waals surface area contributed by atoms with E-state index in [1.165, 1.54) is 35.2 Å². The summed E-state index contributed by atoms with van der Waals surface area (Å²) in [5, 5.41) is 3.46. The lowest BCUT2D eigenvalue weighted by Gasteiger charge is -2.32. The van der Waals surface area contributed by atoms with Crippen LogP contribution in [0.1, 0.15) is 38.2 Å². The Labute approximate surface area is 253 Å². The highest BCUT2D eigenvalue weighted by atomic mass is 79.9. The highest BCUT2D eigenvalue weighted by Crippen LogP contribution is 2.31. The first-order chi connectivity index (χ1) is 19.1. The van der Waals surface area contributed by atoms with Gasteiger partial charge >= 0.3 is 0 Å². The van der Waals surface area contributed by atoms with Gasteiger partial charge in [0.1, 0.15) is 12.6 Å². The van der Waals surface area contributed by atoms with E-state index in [1.807, 2.05) is 24.3 Å². The summed E-state index contributed by atoms with van der Waals surface area (Å²) in [5.74, 6) is -0.818. The van der Waals surface area contributed by atoms with E-state index in [1.54, 1.807) is 25.1 Å². The van der Waals surface area contributed by atoms with Gasteiger partial charge in [0.15, 0.2) is 0 Å². The van der Waals surface area contributed by atoms with Crippen LogP contribution in [0.15, 0.2) is 82.2 Å². The van der Waals surface area contributed by atoms with E-state index in [2.05, 4.69) is 21.2 Å². The number of halogens is 3. The van der Waals surface area contributed by atoms with Crippen LogP contribution in [-0.2, 0) is 26.2 Å². The monoisotopic (exact) mass is 665 g/mol. The van der Waals surface area contributed by atoms with Crippen LogP contribution in [0.5, 0.6) is 0 Å². The topological polar surface area (TPSA) is 86.8 Å². The van der Waals surface area contributed by atoms with Crippen molar-refractivity contribution in [3.63, 3.8) is 0 Å². The summed E-state index contributed by atoms with van der Waals surface area (Å²) >= 11 is 15.8. The Morgan fingerprint density at radius 3 is 2.33 bits per heavy atom. The van der Waals surface area contributed by atoms with Crippen molar-refractivity contribution in [2.75, 3.05) is 10.8 Å². The van der Waals surface area contributed by atoms with Gasteiger partial charge in [-0.1, -0.05) is 82.3 Å². The Morgan fingerprint density at radius 1 is 0.975 bits per heavy atom. The summed E-state index contributed by atoms with van der Waals surface area (Å²) in [5.41, 5.74) is 0.965. The first kappa shape index (κ1) is 30.4. The Balaban J connectivity index is 1.69. The van der Waals surface area contributed by atoms with Crippen LogP contribution in [0.25, 0.3) is 0 Å². The molecule has 11 heteroatoms. The minimum Gasteiger partial charge on any atom is -0.352 e. The first-order valence-corrected chi connectivity index (χ1v) is 15.9. The Bertz CT molecular complexity index is 1470. The molecule has 2 amide bonds. The van der Waals surface area contributed by atoms with Crippen LogP contribution in [0, 0.1) is 0 Å². The summed E-state index contributed by atoms with van der Waals surface area (Å²) < 4.78 is 29.5.